The first-order chi connectivity index (χ1) is 21.8. The van der Waals surface area contributed by atoms with Crippen molar-refractivity contribution >= 4 is 49.3 Å². The van der Waals surface area contributed by atoms with E-state index in [4.69, 9.17) is 15.0 Å². The van der Waals surface area contributed by atoms with E-state index in [1.807, 2.05) is 29.5 Å². The van der Waals surface area contributed by atoms with Gasteiger partial charge in [-0.3, -0.25) is 4.57 Å². The van der Waals surface area contributed by atoms with E-state index in [2.05, 4.69) is 114 Å². The average Bonchev–Trinajstić information content (AvgIpc) is 3.64. The van der Waals surface area contributed by atoms with Crippen molar-refractivity contribution in [3.63, 3.8) is 0 Å². The van der Waals surface area contributed by atoms with Crippen LogP contribution < -0.4 is 0 Å². The van der Waals surface area contributed by atoms with Crippen LogP contribution in [0.25, 0.3) is 66.4 Å². The Labute approximate surface area is 259 Å². The Morgan fingerprint density at radius 2 is 1.57 bits per heavy atom. The van der Waals surface area contributed by atoms with Crippen molar-refractivity contribution in [3.8, 4) is 28.5 Å². The topological polar surface area (TPSA) is 43.6 Å². The van der Waals surface area contributed by atoms with Gasteiger partial charge in [0.25, 0.3) is 0 Å². The van der Waals surface area contributed by atoms with Gasteiger partial charge in [0.1, 0.15) is 5.82 Å². The van der Waals surface area contributed by atoms with Gasteiger partial charge in [-0.2, -0.15) is 9.97 Å². The Kier molecular flexibility index (Phi) is 5.91. The van der Waals surface area contributed by atoms with Crippen molar-refractivity contribution in [2.45, 2.75) is 25.2 Å². The Morgan fingerprint density at radius 1 is 0.705 bits per heavy atom. The third kappa shape index (κ3) is 4.08. The molecule has 0 spiro atoms. The van der Waals surface area contributed by atoms with Gasteiger partial charge >= 0.3 is 0 Å². The van der Waals surface area contributed by atoms with E-state index in [0.29, 0.717) is 11.8 Å². The summed E-state index contributed by atoms with van der Waals surface area (Å²) in [5, 5.41) is 3.78. The number of para-hydroxylation sites is 1. The van der Waals surface area contributed by atoms with Gasteiger partial charge in [-0.05, 0) is 65.6 Å². The molecular formula is C39H28N4S. The highest BCUT2D eigenvalue weighted by atomic mass is 32.1. The molecule has 2 aliphatic rings. The Balaban J connectivity index is 1.26. The zero-order valence-corrected chi connectivity index (χ0v) is 24.8. The van der Waals surface area contributed by atoms with Gasteiger partial charge in [0.05, 0.1) is 11.0 Å². The molecule has 1 atom stereocenters. The van der Waals surface area contributed by atoms with Gasteiger partial charge in [0, 0.05) is 31.8 Å². The number of thiophene rings is 1. The van der Waals surface area contributed by atoms with E-state index in [9.17, 15) is 0 Å². The highest BCUT2D eigenvalue weighted by Crippen LogP contribution is 2.42. The number of hydrogen-bond donors (Lipinski definition) is 0. The molecule has 0 N–H and O–H groups in total. The molecule has 0 aliphatic heterocycles. The molecule has 5 heteroatoms. The van der Waals surface area contributed by atoms with Crippen LogP contribution >= 0.6 is 11.3 Å². The molecule has 0 radical (unpaired) electrons. The van der Waals surface area contributed by atoms with Crippen LogP contribution in [0.3, 0.4) is 0 Å². The second kappa shape index (κ2) is 10.2. The van der Waals surface area contributed by atoms with Crippen LogP contribution in [0, 0.1) is 0 Å². The fraction of sp³-hybridized carbons (Fsp3) is 0.103. The van der Waals surface area contributed by atoms with Crippen LogP contribution in [-0.4, -0.2) is 19.5 Å². The minimum Gasteiger partial charge on any atom is -0.278 e. The number of rotatable bonds is 4. The van der Waals surface area contributed by atoms with Crippen LogP contribution in [0.5, 0.6) is 0 Å². The molecule has 9 rings (SSSR count). The van der Waals surface area contributed by atoms with Gasteiger partial charge in [-0.25, -0.2) is 4.98 Å². The lowest BCUT2D eigenvalue weighted by molar-refractivity contribution is 0.750. The zero-order valence-electron chi connectivity index (χ0n) is 24.0. The van der Waals surface area contributed by atoms with Crippen LogP contribution in [0.4, 0.5) is 0 Å². The molecule has 2 aliphatic carbocycles. The summed E-state index contributed by atoms with van der Waals surface area (Å²) in [5.74, 6) is 2.24. The van der Waals surface area contributed by atoms with Crippen molar-refractivity contribution in [2.24, 2.45) is 0 Å². The maximum absolute atomic E-state index is 5.13. The van der Waals surface area contributed by atoms with Gasteiger partial charge < -0.3 is 0 Å². The standard InChI is InChI=1S/C39H28N4S/c1-3-12-25(13-4-1)37-40-38(26-14-5-2-6-15-26)42-39(41-37)43-33-20-9-7-16-29(33)32-24-27(22-23-34(32)43)28-18-11-19-31-30-17-8-10-21-35(30)44-36(28)31/h1-7,9-14,16,18-24,26H,8,15,17H2. The monoisotopic (exact) mass is 584 g/mol. The lowest BCUT2D eigenvalue weighted by Crippen LogP contribution is -2.11. The number of hydrogen-bond acceptors (Lipinski definition) is 4. The maximum Gasteiger partial charge on any atom is 0.238 e. The Morgan fingerprint density at radius 3 is 2.48 bits per heavy atom. The third-order valence-corrected chi connectivity index (χ3v) is 10.1. The Bertz CT molecular complexity index is 2320. The molecule has 4 aromatic carbocycles. The SMILES string of the molecule is C1=CCC(c2nc(-c3ccccc3)nc(-n3c4ccccc4c4cc(-c5cccc6c7c(sc56)C=CCC7)ccc43)n2)C=C1. The molecule has 0 bridgehead atoms. The fourth-order valence-corrected chi connectivity index (χ4v) is 8.03. The molecule has 0 saturated heterocycles. The van der Waals surface area contributed by atoms with E-state index >= 15 is 0 Å². The predicted octanol–water partition coefficient (Wildman–Crippen LogP) is 10.1. The molecule has 4 nitrogen and oxygen atoms in total. The van der Waals surface area contributed by atoms with Crippen molar-refractivity contribution in [3.05, 3.63) is 138 Å². The minimum atomic E-state index is 0.107. The van der Waals surface area contributed by atoms with E-state index in [1.165, 1.54) is 42.4 Å². The summed E-state index contributed by atoms with van der Waals surface area (Å²) < 4.78 is 3.58. The summed E-state index contributed by atoms with van der Waals surface area (Å²) in [6.07, 6.45) is 16.3. The normalized spacial score (nSPS) is 15.9. The highest BCUT2D eigenvalue weighted by Gasteiger charge is 2.21. The molecule has 3 heterocycles. The third-order valence-electron chi connectivity index (χ3n) is 8.85. The molecule has 0 amide bonds. The number of aryl methyl sites for hydroxylation is 1. The zero-order chi connectivity index (χ0) is 29.0. The summed E-state index contributed by atoms with van der Waals surface area (Å²) in [4.78, 5) is 16.6. The summed E-state index contributed by atoms with van der Waals surface area (Å²) in [6.45, 7) is 0. The molecule has 1 unspecified atom stereocenters. The number of fused-ring (bicyclic) bond motifs is 6. The van der Waals surface area contributed by atoms with Crippen molar-refractivity contribution in [1.82, 2.24) is 19.5 Å². The van der Waals surface area contributed by atoms with Crippen LogP contribution in [0.2, 0.25) is 0 Å². The lowest BCUT2D eigenvalue weighted by Gasteiger charge is -2.15. The summed E-state index contributed by atoms with van der Waals surface area (Å²) in [5.41, 5.74) is 7.18. The molecular weight excluding hydrogens is 557 g/mol. The smallest absolute Gasteiger partial charge is 0.238 e. The van der Waals surface area contributed by atoms with Gasteiger partial charge in [0.15, 0.2) is 5.82 Å². The van der Waals surface area contributed by atoms with Gasteiger partial charge in [-0.15, -0.1) is 11.3 Å². The number of allylic oxidation sites excluding steroid dienone is 5. The number of aromatic nitrogens is 4. The van der Waals surface area contributed by atoms with Crippen LogP contribution in [0.15, 0.2) is 121 Å². The average molecular weight is 585 g/mol. The van der Waals surface area contributed by atoms with E-state index < -0.39 is 0 Å². The van der Waals surface area contributed by atoms with E-state index in [-0.39, 0.29) is 5.92 Å². The van der Waals surface area contributed by atoms with Crippen molar-refractivity contribution < 1.29 is 0 Å². The van der Waals surface area contributed by atoms with Crippen LogP contribution in [0.1, 0.15) is 35.0 Å². The molecule has 210 valence electrons. The van der Waals surface area contributed by atoms with E-state index in [0.717, 1.165) is 41.7 Å². The first-order valence-corrected chi connectivity index (χ1v) is 16.0. The summed E-state index contributed by atoms with van der Waals surface area (Å²) in [6, 6.07) is 32.4. The molecule has 3 aromatic heterocycles. The van der Waals surface area contributed by atoms with Gasteiger partial charge in [0.2, 0.25) is 5.95 Å². The van der Waals surface area contributed by atoms with E-state index in [1.54, 1.807) is 0 Å². The lowest BCUT2D eigenvalue weighted by atomic mass is 9.97. The number of nitrogens with zero attached hydrogens (tertiary/aromatic N) is 4. The highest BCUT2D eigenvalue weighted by molar-refractivity contribution is 7.20. The quantitative estimate of drug-likeness (QED) is 0.207. The first-order valence-electron chi connectivity index (χ1n) is 15.2. The van der Waals surface area contributed by atoms with Crippen molar-refractivity contribution in [2.75, 3.05) is 0 Å². The first kappa shape index (κ1) is 25.4. The number of benzene rings is 4. The van der Waals surface area contributed by atoms with Crippen molar-refractivity contribution in [1.29, 1.82) is 0 Å². The largest absolute Gasteiger partial charge is 0.278 e. The molecule has 44 heavy (non-hydrogen) atoms. The minimum absolute atomic E-state index is 0.107. The summed E-state index contributed by atoms with van der Waals surface area (Å²) in [7, 11) is 0. The summed E-state index contributed by atoms with van der Waals surface area (Å²) >= 11 is 1.92. The fourth-order valence-electron chi connectivity index (χ4n) is 6.72. The predicted molar refractivity (Wildman–Crippen MR) is 183 cm³/mol. The van der Waals surface area contributed by atoms with Crippen LogP contribution in [-0.2, 0) is 6.42 Å². The molecule has 7 aromatic rings. The second-order valence-electron chi connectivity index (χ2n) is 11.5. The van der Waals surface area contributed by atoms with Gasteiger partial charge in [-0.1, -0.05) is 103 Å². The second-order valence-corrected chi connectivity index (χ2v) is 12.5. The molecule has 0 saturated carbocycles. The molecule has 0 fully saturated rings. The maximum atomic E-state index is 5.13. The Hall–Kier alpha value is -5.13.